The molecule has 0 radical (unpaired) electrons. The van der Waals surface area contributed by atoms with Crippen molar-refractivity contribution in [2.45, 2.75) is 52.0 Å². The van der Waals surface area contributed by atoms with E-state index in [9.17, 15) is 18.0 Å². The molecule has 174 valence electrons. The molecule has 0 aliphatic heterocycles. The first-order valence-electron chi connectivity index (χ1n) is 10.5. The minimum Gasteiger partial charge on any atom is -0.462 e. The number of aryl methyl sites for hydroxylation is 1. The molecule has 1 atom stereocenters. The van der Waals surface area contributed by atoms with Crippen molar-refractivity contribution in [3.8, 4) is 0 Å². The summed E-state index contributed by atoms with van der Waals surface area (Å²) < 4.78 is 31.6. The van der Waals surface area contributed by atoms with Gasteiger partial charge in [-0.25, -0.2) is 13.2 Å². The van der Waals surface area contributed by atoms with E-state index in [-0.39, 0.29) is 13.0 Å². The van der Waals surface area contributed by atoms with Crippen molar-refractivity contribution in [1.29, 1.82) is 0 Å². The summed E-state index contributed by atoms with van der Waals surface area (Å²) in [6.07, 6.45) is 4.88. The summed E-state index contributed by atoms with van der Waals surface area (Å²) in [5, 5.41) is 3.61. The number of carbonyl (C=O) groups excluding carboxylic acids is 2. The molecule has 1 aliphatic carbocycles. The van der Waals surface area contributed by atoms with Crippen LogP contribution in [-0.4, -0.2) is 39.2 Å². The highest BCUT2D eigenvalue weighted by atomic mass is 35.5. The Balaban J connectivity index is 1.98. The average Bonchev–Trinajstić information content (AvgIpc) is 3.08. The van der Waals surface area contributed by atoms with Gasteiger partial charge < -0.3 is 10.1 Å². The normalized spacial score (nSPS) is 14.4. The van der Waals surface area contributed by atoms with E-state index in [0.29, 0.717) is 21.3 Å². The second-order valence-electron chi connectivity index (χ2n) is 7.59. The second kappa shape index (κ2) is 10.2. The van der Waals surface area contributed by atoms with Crippen LogP contribution in [0.2, 0.25) is 5.02 Å². The molecule has 0 saturated heterocycles. The zero-order valence-corrected chi connectivity index (χ0v) is 20.7. The molecular weight excluding hydrogens is 472 g/mol. The fourth-order valence-corrected chi connectivity index (χ4v) is 6.61. The fourth-order valence-electron chi connectivity index (χ4n) is 3.94. The zero-order chi connectivity index (χ0) is 23.5. The monoisotopic (exact) mass is 498 g/mol. The molecular formula is C22H27ClN2O5S2. The van der Waals surface area contributed by atoms with Gasteiger partial charge in [0, 0.05) is 9.90 Å². The standard InChI is InChI=1S/C22H27ClN2O5S2/c1-4-17(25(32(3,28)29)15-10-8-9-14(23)13-15)20(26)24-21-19(22(27)30-5-2)16-11-6-7-12-18(16)31-21/h8-10,13,17H,4-7,11-12H2,1-3H3,(H,24,26)/t17-/m1/s1. The maximum Gasteiger partial charge on any atom is 0.341 e. The van der Waals surface area contributed by atoms with Gasteiger partial charge in [0.1, 0.15) is 11.0 Å². The van der Waals surface area contributed by atoms with Crippen LogP contribution in [0.5, 0.6) is 0 Å². The van der Waals surface area contributed by atoms with E-state index in [1.54, 1.807) is 32.0 Å². The Kier molecular flexibility index (Phi) is 7.84. The molecule has 1 N–H and O–H groups in total. The van der Waals surface area contributed by atoms with Crippen molar-refractivity contribution in [3.63, 3.8) is 0 Å². The molecule has 1 aliphatic rings. The number of amides is 1. The van der Waals surface area contributed by atoms with Gasteiger partial charge in [-0.3, -0.25) is 9.10 Å². The SMILES string of the molecule is CCOC(=O)c1c(NC(=O)[C@@H](CC)N(c2cccc(Cl)c2)S(C)(=O)=O)sc2c1CCCC2. The molecule has 32 heavy (non-hydrogen) atoms. The van der Waals surface area contributed by atoms with Crippen molar-refractivity contribution in [2.24, 2.45) is 0 Å². The van der Waals surface area contributed by atoms with Crippen molar-refractivity contribution in [2.75, 3.05) is 22.5 Å². The lowest BCUT2D eigenvalue weighted by atomic mass is 9.95. The number of hydrogen-bond acceptors (Lipinski definition) is 6. The summed E-state index contributed by atoms with van der Waals surface area (Å²) in [6.45, 7) is 3.70. The number of anilines is 2. The van der Waals surface area contributed by atoms with E-state index in [2.05, 4.69) is 5.32 Å². The van der Waals surface area contributed by atoms with Crippen molar-refractivity contribution < 1.29 is 22.7 Å². The molecule has 1 heterocycles. The minimum atomic E-state index is -3.80. The van der Waals surface area contributed by atoms with Crippen LogP contribution in [0.1, 0.15) is 53.9 Å². The van der Waals surface area contributed by atoms with E-state index in [0.717, 1.165) is 46.7 Å². The molecule has 0 unspecified atom stereocenters. The van der Waals surface area contributed by atoms with Gasteiger partial charge in [0.15, 0.2) is 0 Å². The number of ether oxygens (including phenoxy) is 1. The maximum absolute atomic E-state index is 13.3. The van der Waals surface area contributed by atoms with Crippen LogP contribution in [0.15, 0.2) is 24.3 Å². The number of fused-ring (bicyclic) bond motifs is 1. The molecule has 7 nitrogen and oxygen atoms in total. The molecule has 1 amide bonds. The van der Waals surface area contributed by atoms with Gasteiger partial charge >= 0.3 is 5.97 Å². The Hall–Kier alpha value is -2.10. The van der Waals surface area contributed by atoms with Gasteiger partial charge in [0.05, 0.1) is 24.1 Å². The molecule has 0 saturated carbocycles. The molecule has 0 fully saturated rings. The lowest BCUT2D eigenvalue weighted by Crippen LogP contribution is -2.47. The van der Waals surface area contributed by atoms with E-state index in [1.165, 1.54) is 17.4 Å². The lowest BCUT2D eigenvalue weighted by Gasteiger charge is -2.30. The number of esters is 1. The highest BCUT2D eigenvalue weighted by molar-refractivity contribution is 7.92. The summed E-state index contributed by atoms with van der Waals surface area (Å²) in [5.41, 5.74) is 1.62. The summed E-state index contributed by atoms with van der Waals surface area (Å²) in [7, 11) is -3.80. The van der Waals surface area contributed by atoms with Crippen LogP contribution in [0.25, 0.3) is 0 Å². The molecule has 10 heteroatoms. The van der Waals surface area contributed by atoms with Gasteiger partial charge in [-0.2, -0.15) is 0 Å². The molecule has 0 bridgehead atoms. The second-order valence-corrected chi connectivity index (χ2v) is 11.0. The largest absolute Gasteiger partial charge is 0.462 e. The van der Waals surface area contributed by atoms with Crippen LogP contribution >= 0.6 is 22.9 Å². The third-order valence-electron chi connectivity index (χ3n) is 5.28. The van der Waals surface area contributed by atoms with Crippen LogP contribution in [0.4, 0.5) is 10.7 Å². The Morgan fingerprint density at radius 3 is 2.59 bits per heavy atom. The summed E-state index contributed by atoms with van der Waals surface area (Å²) in [4.78, 5) is 27.1. The minimum absolute atomic E-state index is 0.227. The molecule has 2 aromatic rings. The average molecular weight is 499 g/mol. The van der Waals surface area contributed by atoms with Gasteiger partial charge in [0.25, 0.3) is 0 Å². The number of rotatable bonds is 8. The first-order valence-corrected chi connectivity index (χ1v) is 13.6. The van der Waals surface area contributed by atoms with E-state index in [1.807, 2.05) is 0 Å². The molecule has 1 aromatic heterocycles. The Morgan fingerprint density at radius 1 is 1.25 bits per heavy atom. The van der Waals surface area contributed by atoms with E-state index < -0.39 is 27.9 Å². The maximum atomic E-state index is 13.3. The number of nitrogens with zero attached hydrogens (tertiary/aromatic N) is 1. The van der Waals surface area contributed by atoms with E-state index in [4.69, 9.17) is 16.3 Å². The van der Waals surface area contributed by atoms with Crippen molar-refractivity contribution >= 4 is 55.5 Å². The van der Waals surface area contributed by atoms with Gasteiger partial charge in [-0.15, -0.1) is 11.3 Å². The third kappa shape index (κ3) is 5.27. The molecule has 0 spiro atoms. The van der Waals surface area contributed by atoms with Gasteiger partial charge in [0.2, 0.25) is 15.9 Å². The predicted molar refractivity (Wildman–Crippen MR) is 128 cm³/mol. The number of nitrogens with one attached hydrogen (secondary N) is 1. The summed E-state index contributed by atoms with van der Waals surface area (Å²) in [6, 6.07) is 5.35. The van der Waals surface area contributed by atoms with Gasteiger partial charge in [-0.05, 0) is 62.8 Å². The molecule has 1 aromatic carbocycles. The number of halogens is 1. The predicted octanol–water partition coefficient (Wildman–Crippen LogP) is 4.64. The summed E-state index contributed by atoms with van der Waals surface area (Å²) >= 11 is 7.44. The van der Waals surface area contributed by atoms with Crippen LogP contribution in [-0.2, 0) is 32.4 Å². The summed E-state index contributed by atoms with van der Waals surface area (Å²) in [5.74, 6) is -0.980. The fraction of sp³-hybridized carbons (Fsp3) is 0.455. The van der Waals surface area contributed by atoms with Crippen LogP contribution in [0, 0.1) is 0 Å². The van der Waals surface area contributed by atoms with Crippen LogP contribution < -0.4 is 9.62 Å². The number of benzene rings is 1. The van der Waals surface area contributed by atoms with E-state index >= 15 is 0 Å². The van der Waals surface area contributed by atoms with Crippen molar-refractivity contribution in [3.05, 3.63) is 45.3 Å². The number of hydrogen-bond donors (Lipinski definition) is 1. The quantitative estimate of drug-likeness (QED) is 0.535. The van der Waals surface area contributed by atoms with Crippen molar-refractivity contribution in [1.82, 2.24) is 0 Å². The Morgan fingerprint density at radius 2 is 1.97 bits per heavy atom. The highest BCUT2D eigenvalue weighted by Gasteiger charge is 2.34. The van der Waals surface area contributed by atoms with Gasteiger partial charge in [-0.1, -0.05) is 24.6 Å². The number of carbonyl (C=O) groups is 2. The number of thiophene rings is 1. The molecule has 3 rings (SSSR count). The lowest BCUT2D eigenvalue weighted by molar-refractivity contribution is -0.117. The third-order valence-corrected chi connectivity index (χ3v) is 7.90. The smallest absolute Gasteiger partial charge is 0.341 e. The Bertz CT molecular complexity index is 1110. The highest BCUT2D eigenvalue weighted by Crippen LogP contribution is 2.39. The first kappa shape index (κ1) is 24.5. The Labute approximate surface area is 197 Å². The zero-order valence-electron chi connectivity index (χ0n) is 18.3. The first-order chi connectivity index (χ1) is 15.2. The topological polar surface area (TPSA) is 92.8 Å². The number of sulfonamides is 1. The van der Waals surface area contributed by atoms with Crippen LogP contribution in [0.3, 0.4) is 0 Å².